The smallest absolute Gasteiger partial charge is 0.0529 e. The predicted molar refractivity (Wildman–Crippen MR) is 83.9 cm³/mol. The number of hydrogen-bond donors (Lipinski definition) is 1. The minimum Gasteiger partial charge on any atom is -0.357 e. The molecule has 2 aliphatic heterocycles. The molecule has 0 saturated carbocycles. The summed E-state index contributed by atoms with van der Waals surface area (Å²) in [6.45, 7) is 4.93. The standard InChI is InChI=1S/C18H24N2/c1-2-13-7-5-11-20-12-6-9-15-14-8-3-4-10-16(14)19-17(15)18(13)20/h3-4,8,10,13,18-19H,2,5-7,9,11-12H2,1H3/t13-,18-/m1/s1. The van der Waals surface area contributed by atoms with Gasteiger partial charge in [-0.15, -0.1) is 0 Å². The molecule has 2 aromatic rings. The molecule has 1 aromatic carbocycles. The molecule has 4 rings (SSSR count). The Labute approximate surface area is 121 Å². The zero-order valence-electron chi connectivity index (χ0n) is 12.4. The Morgan fingerprint density at radius 1 is 1.20 bits per heavy atom. The minimum atomic E-state index is 0.638. The Hall–Kier alpha value is -1.28. The monoisotopic (exact) mass is 268 g/mol. The van der Waals surface area contributed by atoms with Crippen LogP contribution in [0.2, 0.25) is 0 Å². The Balaban J connectivity index is 1.88. The van der Waals surface area contributed by atoms with Gasteiger partial charge in [-0.1, -0.05) is 31.5 Å². The molecule has 1 fully saturated rings. The van der Waals surface area contributed by atoms with Gasteiger partial charge in [-0.2, -0.15) is 0 Å². The van der Waals surface area contributed by atoms with E-state index in [9.17, 15) is 0 Å². The third-order valence-electron chi connectivity index (χ3n) is 5.40. The van der Waals surface area contributed by atoms with E-state index in [1.807, 2.05) is 0 Å². The Kier molecular flexibility index (Phi) is 3.07. The largest absolute Gasteiger partial charge is 0.357 e. The van der Waals surface area contributed by atoms with Gasteiger partial charge in [0, 0.05) is 16.6 Å². The van der Waals surface area contributed by atoms with Crippen LogP contribution in [0.5, 0.6) is 0 Å². The van der Waals surface area contributed by atoms with Gasteiger partial charge in [0.25, 0.3) is 0 Å². The number of aromatic amines is 1. The Morgan fingerprint density at radius 2 is 2.05 bits per heavy atom. The molecule has 106 valence electrons. The van der Waals surface area contributed by atoms with E-state index in [-0.39, 0.29) is 0 Å². The van der Waals surface area contributed by atoms with E-state index in [1.165, 1.54) is 61.8 Å². The lowest BCUT2D eigenvalue weighted by Gasteiger charge is -2.40. The lowest BCUT2D eigenvalue weighted by Crippen LogP contribution is -2.38. The number of nitrogens with zero attached hydrogens (tertiary/aromatic N) is 1. The van der Waals surface area contributed by atoms with E-state index in [2.05, 4.69) is 41.1 Å². The molecule has 1 N–H and O–H groups in total. The predicted octanol–water partition coefficient (Wildman–Crippen LogP) is 4.28. The van der Waals surface area contributed by atoms with Crippen LogP contribution in [0.15, 0.2) is 24.3 Å². The maximum atomic E-state index is 3.78. The first-order valence-electron chi connectivity index (χ1n) is 8.22. The van der Waals surface area contributed by atoms with E-state index in [4.69, 9.17) is 0 Å². The summed E-state index contributed by atoms with van der Waals surface area (Å²) in [4.78, 5) is 6.53. The van der Waals surface area contributed by atoms with Crippen LogP contribution in [-0.2, 0) is 6.42 Å². The maximum absolute atomic E-state index is 3.78. The van der Waals surface area contributed by atoms with Crippen molar-refractivity contribution in [1.82, 2.24) is 9.88 Å². The maximum Gasteiger partial charge on any atom is 0.0529 e. The van der Waals surface area contributed by atoms with Crippen molar-refractivity contribution >= 4 is 10.9 Å². The number of rotatable bonds is 1. The van der Waals surface area contributed by atoms with Crippen LogP contribution in [0.1, 0.15) is 49.9 Å². The number of piperidine rings is 1. The summed E-state index contributed by atoms with van der Waals surface area (Å²) in [5.74, 6) is 0.827. The molecule has 2 heteroatoms. The van der Waals surface area contributed by atoms with E-state index < -0.39 is 0 Å². The minimum absolute atomic E-state index is 0.638. The second-order valence-electron chi connectivity index (χ2n) is 6.46. The molecule has 1 aromatic heterocycles. The fourth-order valence-corrected chi connectivity index (χ4v) is 4.45. The van der Waals surface area contributed by atoms with E-state index >= 15 is 0 Å². The second-order valence-corrected chi connectivity index (χ2v) is 6.46. The molecule has 2 atom stereocenters. The molecule has 0 amide bonds. The molecule has 0 radical (unpaired) electrons. The molecule has 0 unspecified atom stereocenters. The summed E-state index contributed by atoms with van der Waals surface area (Å²) in [5.41, 5.74) is 4.48. The van der Waals surface area contributed by atoms with Gasteiger partial charge >= 0.3 is 0 Å². The Bertz CT molecular complexity index is 613. The second kappa shape index (κ2) is 4.92. The van der Waals surface area contributed by atoms with Crippen LogP contribution < -0.4 is 0 Å². The highest BCUT2D eigenvalue weighted by Crippen LogP contribution is 2.42. The van der Waals surface area contributed by atoms with Crippen molar-refractivity contribution < 1.29 is 0 Å². The number of fused-ring (bicyclic) bond motifs is 5. The molecule has 0 bridgehead atoms. The van der Waals surface area contributed by atoms with E-state index in [0.717, 1.165) is 5.92 Å². The number of aromatic nitrogens is 1. The molecule has 20 heavy (non-hydrogen) atoms. The first-order valence-corrected chi connectivity index (χ1v) is 8.22. The Morgan fingerprint density at radius 3 is 2.95 bits per heavy atom. The van der Waals surface area contributed by atoms with Crippen LogP contribution in [0.25, 0.3) is 10.9 Å². The molecule has 2 aliphatic rings. The number of benzene rings is 1. The van der Waals surface area contributed by atoms with Gasteiger partial charge in [0.15, 0.2) is 0 Å². The highest BCUT2D eigenvalue weighted by Gasteiger charge is 2.35. The number of para-hydroxylation sites is 1. The van der Waals surface area contributed by atoms with Crippen molar-refractivity contribution in [3.05, 3.63) is 35.5 Å². The van der Waals surface area contributed by atoms with Crippen molar-refractivity contribution in [2.24, 2.45) is 5.92 Å². The van der Waals surface area contributed by atoms with Crippen LogP contribution in [0, 0.1) is 5.92 Å². The van der Waals surface area contributed by atoms with E-state index in [1.54, 1.807) is 5.56 Å². The summed E-state index contributed by atoms with van der Waals surface area (Å²) in [6.07, 6.45) is 6.62. The van der Waals surface area contributed by atoms with Crippen molar-refractivity contribution in [1.29, 1.82) is 0 Å². The van der Waals surface area contributed by atoms with Crippen LogP contribution >= 0.6 is 0 Å². The number of nitrogens with one attached hydrogen (secondary N) is 1. The van der Waals surface area contributed by atoms with Crippen LogP contribution in [0.4, 0.5) is 0 Å². The zero-order chi connectivity index (χ0) is 13.5. The molecule has 0 spiro atoms. The molecule has 3 heterocycles. The van der Waals surface area contributed by atoms with Crippen molar-refractivity contribution in [2.75, 3.05) is 13.1 Å². The summed E-state index contributed by atoms with van der Waals surface area (Å²) in [5, 5.41) is 1.46. The lowest BCUT2D eigenvalue weighted by molar-refractivity contribution is 0.0905. The number of aryl methyl sites for hydroxylation is 1. The molecular formula is C18H24N2. The highest BCUT2D eigenvalue weighted by molar-refractivity contribution is 5.85. The average Bonchev–Trinajstić information content (AvgIpc) is 2.75. The summed E-state index contributed by atoms with van der Waals surface area (Å²) >= 11 is 0. The van der Waals surface area contributed by atoms with Crippen molar-refractivity contribution in [2.45, 2.75) is 45.1 Å². The topological polar surface area (TPSA) is 19.0 Å². The molecular weight excluding hydrogens is 244 g/mol. The van der Waals surface area contributed by atoms with Gasteiger partial charge in [0.05, 0.1) is 6.04 Å². The average molecular weight is 268 g/mol. The first-order chi connectivity index (χ1) is 9.88. The quantitative estimate of drug-likeness (QED) is 0.818. The van der Waals surface area contributed by atoms with Gasteiger partial charge in [0.1, 0.15) is 0 Å². The van der Waals surface area contributed by atoms with E-state index in [0.29, 0.717) is 6.04 Å². The zero-order valence-corrected chi connectivity index (χ0v) is 12.4. The normalized spacial score (nSPS) is 27.1. The van der Waals surface area contributed by atoms with Gasteiger partial charge < -0.3 is 4.98 Å². The number of hydrogen-bond acceptors (Lipinski definition) is 1. The van der Waals surface area contributed by atoms with Crippen molar-refractivity contribution in [3.63, 3.8) is 0 Å². The fourth-order valence-electron chi connectivity index (χ4n) is 4.45. The number of H-pyrrole nitrogens is 1. The third kappa shape index (κ3) is 1.81. The van der Waals surface area contributed by atoms with Crippen molar-refractivity contribution in [3.8, 4) is 0 Å². The van der Waals surface area contributed by atoms with Gasteiger partial charge in [-0.3, -0.25) is 4.90 Å². The molecule has 0 aliphatic carbocycles. The van der Waals surface area contributed by atoms with Crippen LogP contribution in [-0.4, -0.2) is 23.0 Å². The van der Waals surface area contributed by atoms with Crippen LogP contribution in [0.3, 0.4) is 0 Å². The van der Waals surface area contributed by atoms with Gasteiger partial charge in [0.2, 0.25) is 0 Å². The summed E-state index contributed by atoms with van der Waals surface area (Å²) in [6, 6.07) is 9.49. The third-order valence-corrected chi connectivity index (χ3v) is 5.40. The summed E-state index contributed by atoms with van der Waals surface area (Å²) < 4.78 is 0. The fraction of sp³-hybridized carbons (Fsp3) is 0.556. The SMILES string of the molecule is CC[C@@H]1CCCN2CCCc3c([nH]c4ccccc34)[C@@H]12. The van der Waals surface area contributed by atoms with Gasteiger partial charge in [-0.05, 0) is 56.3 Å². The molecule has 1 saturated heterocycles. The summed E-state index contributed by atoms with van der Waals surface area (Å²) in [7, 11) is 0. The first kappa shape index (κ1) is 12.5. The molecule has 2 nitrogen and oxygen atoms in total. The lowest BCUT2D eigenvalue weighted by atomic mass is 9.84. The van der Waals surface area contributed by atoms with Gasteiger partial charge in [-0.25, -0.2) is 0 Å². The highest BCUT2D eigenvalue weighted by atomic mass is 15.2.